The second-order valence-electron chi connectivity index (χ2n) is 3.40. The molecule has 0 bridgehead atoms. The van der Waals surface area contributed by atoms with Crippen molar-refractivity contribution in [2.45, 2.75) is 13.5 Å². The van der Waals surface area contributed by atoms with Crippen molar-refractivity contribution in [3.05, 3.63) is 29.8 Å². The highest BCUT2D eigenvalue weighted by molar-refractivity contribution is 5.20. The summed E-state index contributed by atoms with van der Waals surface area (Å²) in [5, 5.41) is 4.17. The SMILES string of the molecule is Cc1cc(Oc2cncc(CN)n2)n(C)n1. The summed E-state index contributed by atoms with van der Waals surface area (Å²) >= 11 is 0. The summed E-state index contributed by atoms with van der Waals surface area (Å²) < 4.78 is 7.19. The number of nitrogens with zero attached hydrogens (tertiary/aromatic N) is 4. The Morgan fingerprint density at radius 1 is 1.44 bits per heavy atom. The number of ether oxygens (including phenoxy) is 1. The van der Waals surface area contributed by atoms with E-state index in [4.69, 9.17) is 10.5 Å². The van der Waals surface area contributed by atoms with Crippen LogP contribution >= 0.6 is 0 Å². The van der Waals surface area contributed by atoms with E-state index in [1.165, 1.54) is 0 Å². The predicted molar refractivity (Wildman–Crippen MR) is 57.9 cm³/mol. The molecule has 2 N–H and O–H groups in total. The molecule has 0 unspecified atom stereocenters. The quantitative estimate of drug-likeness (QED) is 0.824. The minimum atomic E-state index is 0.342. The Bertz CT molecular complexity index is 494. The highest BCUT2D eigenvalue weighted by Gasteiger charge is 2.06. The van der Waals surface area contributed by atoms with Crippen LogP contribution in [0.15, 0.2) is 18.5 Å². The Morgan fingerprint density at radius 2 is 2.25 bits per heavy atom. The molecule has 0 aliphatic carbocycles. The molecule has 0 saturated carbocycles. The molecule has 0 spiro atoms. The second kappa shape index (κ2) is 4.28. The van der Waals surface area contributed by atoms with Gasteiger partial charge in [0.2, 0.25) is 11.8 Å². The van der Waals surface area contributed by atoms with Crippen LogP contribution in [0, 0.1) is 6.92 Å². The summed E-state index contributed by atoms with van der Waals surface area (Å²) in [6, 6.07) is 1.83. The van der Waals surface area contributed by atoms with Crippen LogP contribution in [0.3, 0.4) is 0 Å². The third-order valence-corrected chi connectivity index (χ3v) is 2.04. The van der Waals surface area contributed by atoms with Gasteiger partial charge in [-0.25, -0.2) is 9.67 Å². The van der Waals surface area contributed by atoms with Crippen molar-refractivity contribution in [3.63, 3.8) is 0 Å². The normalized spacial score (nSPS) is 10.4. The topological polar surface area (TPSA) is 78.9 Å². The minimum absolute atomic E-state index is 0.342. The zero-order valence-corrected chi connectivity index (χ0v) is 9.21. The molecule has 0 aliphatic rings. The molecule has 2 aromatic heterocycles. The monoisotopic (exact) mass is 219 g/mol. The molecule has 2 rings (SSSR count). The second-order valence-corrected chi connectivity index (χ2v) is 3.40. The van der Waals surface area contributed by atoms with Crippen molar-refractivity contribution in [1.82, 2.24) is 19.7 Å². The maximum atomic E-state index is 5.54. The van der Waals surface area contributed by atoms with Gasteiger partial charge < -0.3 is 10.5 Å². The van der Waals surface area contributed by atoms with Crippen molar-refractivity contribution in [2.24, 2.45) is 12.8 Å². The predicted octanol–water partition coefficient (Wildman–Crippen LogP) is 0.770. The Labute approximate surface area is 93.1 Å². The number of hydrogen-bond acceptors (Lipinski definition) is 5. The lowest BCUT2D eigenvalue weighted by Crippen LogP contribution is -2.02. The molecule has 2 heterocycles. The van der Waals surface area contributed by atoms with Gasteiger partial charge in [-0.3, -0.25) is 4.98 Å². The standard InChI is InChI=1S/C10H13N5O/c1-7-3-10(15(2)14-7)16-9-6-12-5-8(4-11)13-9/h3,5-6H,4,11H2,1-2H3. The molecule has 84 valence electrons. The van der Waals surface area contributed by atoms with Crippen LogP contribution in [-0.4, -0.2) is 19.7 Å². The van der Waals surface area contributed by atoms with E-state index in [0.717, 1.165) is 5.69 Å². The van der Waals surface area contributed by atoms with Gasteiger partial charge in [-0.15, -0.1) is 0 Å². The van der Waals surface area contributed by atoms with E-state index in [2.05, 4.69) is 15.1 Å². The minimum Gasteiger partial charge on any atom is -0.419 e. The van der Waals surface area contributed by atoms with Crippen LogP contribution in [0.2, 0.25) is 0 Å². The first-order valence-electron chi connectivity index (χ1n) is 4.88. The first-order chi connectivity index (χ1) is 7.69. The van der Waals surface area contributed by atoms with Crippen LogP contribution in [0.4, 0.5) is 0 Å². The summed E-state index contributed by atoms with van der Waals surface area (Å²) in [5.41, 5.74) is 7.05. The molecule has 0 fully saturated rings. The fraction of sp³-hybridized carbons (Fsp3) is 0.300. The fourth-order valence-corrected chi connectivity index (χ4v) is 1.32. The van der Waals surface area contributed by atoms with Gasteiger partial charge in [-0.05, 0) is 6.92 Å². The number of rotatable bonds is 3. The van der Waals surface area contributed by atoms with E-state index in [-0.39, 0.29) is 0 Å². The number of aryl methyl sites for hydroxylation is 2. The zero-order chi connectivity index (χ0) is 11.5. The van der Waals surface area contributed by atoms with Crippen molar-refractivity contribution < 1.29 is 4.74 Å². The number of nitrogens with two attached hydrogens (primary N) is 1. The van der Waals surface area contributed by atoms with Gasteiger partial charge in [0.05, 0.1) is 17.6 Å². The molecule has 6 heteroatoms. The highest BCUT2D eigenvalue weighted by Crippen LogP contribution is 2.18. The van der Waals surface area contributed by atoms with E-state index in [0.29, 0.717) is 24.0 Å². The Balaban J connectivity index is 2.23. The Kier molecular flexibility index (Phi) is 2.82. The molecule has 0 aliphatic heterocycles. The van der Waals surface area contributed by atoms with E-state index in [9.17, 15) is 0 Å². The lowest BCUT2D eigenvalue weighted by atomic mass is 10.4. The van der Waals surface area contributed by atoms with Crippen molar-refractivity contribution >= 4 is 0 Å². The molecule has 0 atom stereocenters. The molecule has 0 aromatic carbocycles. The lowest BCUT2D eigenvalue weighted by molar-refractivity contribution is 0.412. The first-order valence-corrected chi connectivity index (χ1v) is 4.88. The molecule has 2 aromatic rings. The largest absolute Gasteiger partial charge is 0.419 e. The molecular weight excluding hydrogens is 206 g/mol. The molecular formula is C10H13N5O. The summed E-state index contributed by atoms with van der Waals surface area (Å²) in [4.78, 5) is 8.18. The van der Waals surface area contributed by atoms with Gasteiger partial charge in [0.25, 0.3) is 0 Å². The Morgan fingerprint density at radius 3 is 2.88 bits per heavy atom. The lowest BCUT2D eigenvalue weighted by Gasteiger charge is -2.04. The summed E-state index contributed by atoms with van der Waals surface area (Å²) in [5.74, 6) is 1.05. The van der Waals surface area contributed by atoms with Gasteiger partial charge in [0.1, 0.15) is 0 Å². The van der Waals surface area contributed by atoms with Crippen molar-refractivity contribution in [2.75, 3.05) is 0 Å². The first kappa shape index (κ1) is 10.6. The molecule has 0 amide bonds. The third-order valence-electron chi connectivity index (χ3n) is 2.04. The summed E-state index contributed by atoms with van der Waals surface area (Å²) in [6.45, 7) is 2.24. The van der Waals surface area contributed by atoms with E-state index < -0.39 is 0 Å². The van der Waals surface area contributed by atoms with Gasteiger partial charge in [-0.1, -0.05) is 0 Å². The van der Waals surface area contributed by atoms with Crippen molar-refractivity contribution in [1.29, 1.82) is 0 Å². The molecule has 0 saturated heterocycles. The third kappa shape index (κ3) is 2.17. The maximum absolute atomic E-state index is 5.54. The maximum Gasteiger partial charge on any atom is 0.240 e. The van der Waals surface area contributed by atoms with Crippen LogP contribution in [0.25, 0.3) is 0 Å². The van der Waals surface area contributed by atoms with Crippen molar-refractivity contribution in [3.8, 4) is 11.8 Å². The average molecular weight is 219 g/mol. The summed E-state index contributed by atoms with van der Waals surface area (Å²) in [6.07, 6.45) is 3.16. The van der Waals surface area contributed by atoms with Gasteiger partial charge in [-0.2, -0.15) is 5.10 Å². The van der Waals surface area contributed by atoms with E-state index >= 15 is 0 Å². The molecule has 6 nitrogen and oxygen atoms in total. The van der Waals surface area contributed by atoms with Gasteiger partial charge >= 0.3 is 0 Å². The smallest absolute Gasteiger partial charge is 0.240 e. The van der Waals surface area contributed by atoms with E-state index in [1.54, 1.807) is 17.1 Å². The summed E-state index contributed by atoms with van der Waals surface area (Å²) in [7, 11) is 1.81. The van der Waals surface area contributed by atoms with Crippen LogP contribution < -0.4 is 10.5 Å². The average Bonchev–Trinajstić information content (AvgIpc) is 2.58. The highest BCUT2D eigenvalue weighted by atomic mass is 16.5. The molecule has 16 heavy (non-hydrogen) atoms. The van der Waals surface area contributed by atoms with Crippen LogP contribution in [0.5, 0.6) is 11.8 Å². The Hall–Kier alpha value is -1.95. The van der Waals surface area contributed by atoms with Gasteiger partial charge in [0, 0.05) is 25.9 Å². The molecule has 0 radical (unpaired) electrons. The number of aromatic nitrogens is 4. The fourth-order valence-electron chi connectivity index (χ4n) is 1.32. The van der Waals surface area contributed by atoms with Crippen LogP contribution in [0.1, 0.15) is 11.4 Å². The van der Waals surface area contributed by atoms with Gasteiger partial charge in [0.15, 0.2) is 0 Å². The van der Waals surface area contributed by atoms with Crippen LogP contribution in [-0.2, 0) is 13.6 Å². The van der Waals surface area contributed by atoms with E-state index in [1.807, 2.05) is 20.0 Å². The zero-order valence-electron chi connectivity index (χ0n) is 9.21. The number of hydrogen-bond donors (Lipinski definition) is 1.